The molecule has 0 aliphatic heterocycles. The Morgan fingerprint density at radius 2 is 1.60 bits per heavy atom. The summed E-state index contributed by atoms with van der Waals surface area (Å²) in [6, 6.07) is 0. The summed E-state index contributed by atoms with van der Waals surface area (Å²) in [6.07, 6.45) is 4.76. The van der Waals surface area contributed by atoms with Gasteiger partial charge in [-0.05, 0) is 19.1 Å². The molecule has 0 rings (SSSR count). The van der Waals surface area contributed by atoms with Gasteiger partial charge in [0.05, 0.1) is 0 Å². The van der Waals surface area contributed by atoms with Crippen molar-refractivity contribution in [1.29, 1.82) is 0 Å². The van der Waals surface area contributed by atoms with Crippen LogP contribution in [0.2, 0.25) is 19.6 Å². The lowest BCUT2D eigenvalue weighted by atomic mass is 11.9. The maximum Gasteiger partial charge on any atom is 0.180 e. The number of hydrogen-bond donors (Lipinski definition) is 1. The molecule has 0 aromatic carbocycles. The topological polar surface area (TPSA) is 3.24 Å². The maximum atomic E-state index is 2.83. The van der Waals surface area contributed by atoms with Gasteiger partial charge >= 0.3 is 0 Å². The first kappa shape index (κ1) is 11.5. The summed E-state index contributed by atoms with van der Waals surface area (Å²) in [6.45, 7) is 6.79. The molecule has 10 heavy (non-hydrogen) atoms. The van der Waals surface area contributed by atoms with Gasteiger partial charge in [0, 0.05) is 0 Å². The third-order valence-electron chi connectivity index (χ3n) is 1.36. The van der Waals surface area contributed by atoms with E-state index in [4.69, 9.17) is 0 Å². The predicted octanol–water partition coefficient (Wildman–Crippen LogP) is 1.73. The highest BCUT2D eigenvalue weighted by Gasteiger charge is 2.17. The highest BCUT2D eigenvalue weighted by atomic mass is 127. The number of nitrogens with zero attached hydrogens (tertiary/aromatic N) is 1. The van der Waals surface area contributed by atoms with E-state index in [1.807, 2.05) is 0 Å². The summed E-state index contributed by atoms with van der Waals surface area (Å²) >= 11 is 2.86. The summed E-state index contributed by atoms with van der Waals surface area (Å²) in [7, 11) is -0.485. The number of thiol groups is 1. The van der Waals surface area contributed by atoms with Crippen molar-refractivity contribution in [3.63, 3.8) is 0 Å². The monoisotopic (exact) mass is 307 g/mol. The number of hydrogen-bond acceptors (Lipinski definition) is 1. The zero-order valence-corrected chi connectivity index (χ0v) is 12.8. The maximum absolute atomic E-state index is 2.83. The highest BCUT2D eigenvalue weighted by molar-refractivity contribution is 14.1. The van der Waals surface area contributed by atoms with Crippen LogP contribution in [0.4, 0.5) is 0 Å². The molecule has 0 aromatic rings. The molecule has 1 atom stereocenters. The zero-order chi connectivity index (χ0) is 8.31. The van der Waals surface area contributed by atoms with E-state index in [-0.39, 0.29) is 11.1 Å². The van der Waals surface area contributed by atoms with Gasteiger partial charge in [-0.15, -0.1) is 21.8 Å². The van der Waals surface area contributed by atoms with Gasteiger partial charge in [-0.3, -0.25) is 0 Å². The molecule has 5 heteroatoms. The second-order valence-electron chi connectivity index (χ2n) is 2.89. The van der Waals surface area contributed by atoms with E-state index in [9.17, 15) is 0 Å². The van der Waals surface area contributed by atoms with Crippen molar-refractivity contribution < 1.29 is 0 Å². The van der Waals surface area contributed by atoms with Crippen molar-refractivity contribution in [1.82, 2.24) is 3.64 Å². The third-order valence-corrected chi connectivity index (χ3v) is 17.3. The highest BCUT2D eigenvalue weighted by Crippen LogP contribution is 2.26. The Bertz CT molecular complexity index is 80.6. The van der Waals surface area contributed by atoms with Crippen molar-refractivity contribution in [2.45, 2.75) is 19.6 Å². The molecule has 0 aliphatic carbocycles. The minimum atomic E-state index is -0.507. The molecule has 64 valence electrons. The summed E-state index contributed by atoms with van der Waals surface area (Å²) in [5, 5.41) is 0. The lowest BCUT2D eigenvalue weighted by Crippen LogP contribution is -2.38. The van der Waals surface area contributed by atoms with Crippen LogP contribution in [0.5, 0.6) is 0 Å². The molecule has 0 heterocycles. The minimum absolute atomic E-state index is 0.206. The van der Waals surface area contributed by atoms with Gasteiger partial charge in [0.2, 0.25) is 0 Å². The molecule has 1 unspecified atom stereocenters. The van der Waals surface area contributed by atoms with Crippen LogP contribution in [0.3, 0.4) is 0 Å². The van der Waals surface area contributed by atoms with Crippen molar-refractivity contribution in [2.75, 3.05) is 12.5 Å². The predicted molar refractivity (Wildman–Crippen MR) is 68.6 cm³/mol. The van der Waals surface area contributed by atoms with Crippen LogP contribution in [0.15, 0.2) is 0 Å². The lowest BCUT2D eigenvalue weighted by Gasteiger charge is -2.34. The minimum Gasteiger partial charge on any atom is -0.308 e. The molecule has 0 aromatic heterocycles. The largest absolute Gasteiger partial charge is 0.308 e. The zero-order valence-electron chi connectivity index (χ0n) is 7.43. The van der Waals surface area contributed by atoms with Gasteiger partial charge in [-0.1, -0.05) is 13.1 Å². The molecule has 0 amide bonds. The molecule has 1 nitrogen and oxygen atoms in total. The van der Waals surface area contributed by atoms with Crippen LogP contribution in [-0.2, 0) is 0 Å². The second-order valence-corrected chi connectivity index (χ2v) is 16.4. The van der Waals surface area contributed by atoms with E-state index in [1.165, 1.54) is 0 Å². The molecular formula is C5H18INSSi2. The van der Waals surface area contributed by atoms with Crippen LogP contribution < -0.4 is 0 Å². The smallest absolute Gasteiger partial charge is 0.180 e. The second kappa shape index (κ2) is 5.18. The first-order valence-electron chi connectivity index (χ1n) is 3.56. The van der Waals surface area contributed by atoms with Gasteiger partial charge in [-0.25, -0.2) is 11.1 Å². The van der Waals surface area contributed by atoms with Crippen LogP contribution in [0.25, 0.3) is 0 Å². The van der Waals surface area contributed by atoms with Crippen molar-refractivity contribution in [3.05, 3.63) is 0 Å². The molecule has 0 aliphatic rings. The fourth-order valence-corrected chi connectivity index (χ4v) is 21.0. The summed E-state index contributed by atoms with van der Waals surface area (Å²) in [4.78, 5) is 0. The van der Waals surface area contributed by atoms with E-state index in [0.29, 0.717) is 0 Å². The third kappa shape index (κ3) is 3.75. The van der Waals surface area contributed by atoms with Crippen LogP contribution in [0.1, 0.15) is 0 Å². The molecule has 0 saturated carbocycles. The molecule has 0 fully saturated rings. The van der Waals surface area contributed by atoms with Crippen molar-refractivity contribution >= 4 is 48.3 Å². The first-order valence-corrected chi connectivity index (χ1v) is 14.4. The van der Waals surface area contributed by atoms with E-state index in [2.05, 4.69) is 57.6 Å². The summed E-state index contributed by atoms with van der Waals surface area (Å²) in [5.41, 5.74) is 0. The van der Waals surface area contributed by atoms with E-state index >= 15 is 0 Å². The van der Waals surface area contributed by atoms with Crippen molar-refractivity contribution in [3.8, 4) is 0 Å². The van der Waals surface area contributed by atoms with Gasteiger partial charge in [0.25, 0.3) is 0 Å². The Kier molecular flexibility index (Phi) is 5.94. The standard InChI is InChI=1S/C5H18INSSi2/c1-8(2)7(9(3)4)10(5)6/h8-10H,1-5H3. The molecule has 0 spiro atoms. The van der Waals surface area contributed by atoms with Gasteiger partial charge in [-0.2, -0.15) is 0 Å². The quantitative estimate of drug-likeness (QED) is 0.360. The SMILES string of the molecule is C[SiH](C)N([SiH](C)I)[SH](C)C. The number of rotatable bonds is 3. The van der Waals surface area contributed by atoms with Gasteiger partial charge in [0.1, 0.15) is 8.96 Å². The van der Waals surface area contributed by atoms with Crippen LogP contribution >= 0.6 is 32.9 Å². The number of halogens is 1. The molecule has 0 saturated heterocycles. The van der Waals surface area contributed by atoms with E-state index in [0.717, 1.165) is 0 Å². The molecule has 0 N–H and O–H groups in total. The normalized spacial score (nSPS) is 16.2. The Labute approximate surface area is 83.6 Å². The average molecular weight is 307 g/mol. The Balaban J connectivity index is 3.98. The molecule has 0 radical (unpaired) electrons. The average Bonchev–Trinajstić information content (AvgIpc) is 1.59. The van der Waals surface area contributed by atoms with E-state index in [1.54, 1.807) is 0 Å². The summed E-state index contributed by atoms with van der Waals surface area (Å²) < 4.78 is 2.83. The van der Waals surface area contributed by atoms with Crippen LogP contribution in [0, 0.1) is 0 Å². The first-order chi connectivity index (χ1) is 4.46. The Morgan fingerprint density at radius 3 is 1.60 bits per heavy atom. The van der Waals surface area contributed by atoms with Gasteiger partial charge in [0.15, 0.2) is 6.45 Å². The fraction of sp³-hybridized carbons (Fsp3) is 1.00. The summed E-state index contributed by atoms with van der Waals surface area (Å²) in [5.74, 6) is 0. The Hall–Kier alpha value is 1.47. The lowest BCUT2D eigenvalue weighted by molar-refractivity contribution is 1.10. The molecule has 0 bridgehead atoms. The van der Waals surface area contributed by atoms with Crippen LogP contribution in [-0.4, -0.2) is 31.6 Å². The Morgan fingerprint density at radius 1 is 1.20 bits per heavy atom. The molecular weight excluding hydrogens is 289 g/mol. The fourth-order valence-electron chi connectivity index (χ4n) is 1.19. The van der Waals surface area contributed by atoms with E-state index < -0.39 is 15.4 Å². The van der Waals surface area contributed by atoms with Crippen molar-refractivity contribution in [2.24, 2.45) is 0 Å². The van der Waals surface area contributed by atoms with Gasteiger partial charge < -0.3 is 3.64 Å².